The van der Waals surface area contributed by atoms with E-state index in [1.54, 1.807) is 6.92 Å². The lowest BCUT2D eigenvalue weighted by Crippen LogP contribution is -2.37. The summed E-state index contributed by atoms with van der Waals surface area (Å²) in [7, 11) is -3.13. The van der Waals surface area contributed by atoms with Crippen molar-refractivity contribution in [1.29, 1.82) is 0 Å². The first-order chi connectivity index (χ1) is 9.31. The van der Waals surface area contributed by atoms with Crippen LogP contribution in [0.1, 0.15) is 30.8 Å². The highest BCUT2D eigenvalue weighted by molar-refractivity contribution is 7.90. The molecule has 0 aliphatic carbocycles. The van der Waals surface area contributed by atoms with E-state index in [1.807, 2.05) is 6.92 Å². The van der Waals surface area contributed by atoms with Gasteiger partial charge in [0.25, 0.3) is 5.91 Å². The van der Waals surface area contributed by atoms with Gasteiger partial charge in [-0.1, -0.05) is 6.92 Å². The monoisotopic (exact) mass is 300 g/mol. The van der Waals surface area contributed by atoms with Gasteiger partial charge in [0.15, 0.2) is 0 Å². The van der Waals surface area contributed by atoms with Gasteiger partial charge in [-0.25, -0.2) is 13.4 Å². The molecule has 7 nitrogen and oxygen atoms in total. The summed E-state index contributed by atoms with van der Waals surface area (Å²) in [5, 5.41) is 5.62. The van der Waals surface area contributed by atoms with E-state index in [9.17, 15) is 13.2 Å². The number of sulfone groups is 1. The Hall–Kier alpha value is -1.70. The molecule has 0 aliphatic rings. The van der Waals surface area contributed by atoms with Crippen molar-refractivity contribution in [2.24, 2.45) is 0 Å². The van der Waals surface area contributed by atoms with Crippen LogP contribution in [0.15, 0.2) is 12.4 Å². The molecular weight excluding hydrogens is 280 g/mol. The predicted octanol–water partition coefficient (Wildman–Crippen LogP) is 0.461. The molecule has 0 aliphatic heterocycles. The molecule has 0 bridgehead atoms. The average molecular weight is 300 g/mol. The molecule has 0 spiro atoms. The highest BCUT2D eigenvalue weighted by Gasteiger charge is 2.15. The maximum Gasteiger partial charge on any atom is 0.271 e. The second-order valence-corrected chi connectivity index (χ2v) is 6.87. The fourth-order valence-corrected chi connectivity index (χ4v) is 2.60. The maximum atomic E-state index is 11.9. The minimum atomic E-state index is -3.13. The Bertz CT molecular complexity index is 560. The van der Waals surface area contributed by atoms with Gasteiger partial charge in [0.1, 0.15) is 21.3 Å². The highest BCUT2D eigenvalue weighted by Crippen LogP contribution is 2.03. The quantitative estimate of drug-likeness (QED) is 0.758. The van der Waals surface area contributed by atoms with E-state index in [-0.39, 0.29) is 11.4 Å². The van der Waals surface area contributed by atoms with Gasteiger partial charge in [0.2, 0.25) is 0 Å². The summed E-state index contributed by atoms with van der Waals surface area (Å²) in [6.07, 6.45) is 4.94. The zero-order valence-corrected chi connectivity index (χ0v) is 12.7. The van der Waals surface area contributed by atoms with E-state index in [0.717, 1.165) is 19.2 Å². The van der Waals surface area contributed by atoms with Crippen molar-refractivity contribution < 1.29 is 13.2 Å². The SMILES string of the molecule is CCCNc1cncc(C(=O)NC(C)CS(C)(=O)=O)n1. The molecule has 1 rings (SSSR count). The molecule has 8 heteroatoms. The summed E-state index contributed by atoms with van der Waals surface area (Å²) < 4.78 is 22.3. The van der Waals surface area contributed by atoms with Crippen molar-refractivity contribution in [2.45, 2.75) is 26.3 Å². The van der Waals surface area contributed by atoms with Crippen molar-refractivity contribution >= 4 is 21.6 Å². The molecule has 0 radical (unpaired) electrons. The number of aromatic nitrogens is 2. The number of amides is 1. The molecule has 0 aromatic carbocycles. The zero-order chi connectivity index (χ0) is 15.2. The third-order valence-electron chi connectivity index (χ3n) is 2.35. The fraction of sp³-hybridized carbons (Fsp3) is 0.583. The predicted molar refractivity (Wildman–Crippen MR) is 77.5 cm³/mol. The van der Waals surface area contributed by atoms with Crippen LogP contribution < -0.4 is 10.6 Å². The van der Waals surface area contributed by atoms with Crippen molar-refractivity contribution in [2.75, 3.05) is 23.9 Å². The minimum absolute atomic E-state index is 0.111. The van der Waals surface area contributed by atoms with Crippen LogP contribution in [0.4, 0.5) is 5.82 Å². The fourth-order valence-electron chi connectivity index (χ4n) is 1.61. The number of carbonyl (C=O) groups excluding carboxylic acids is 1. The first-order valence-electron chi connectivity index (χ1n) is 6.36. The van der Waals surface area contributed by atoms with Crippen molar-refractivity contribution in [3.63, 3.8) is 0 Å². The Morgan fingerprint density at radius 3 is 2.70 bits per heavy atom. The van der Waals surface area contributed by atoms with E-state index >= 15 is 0 Å². The number of hydrogen-bond acceptors (Lipinski definition) is 6. The molecule has 20 heavy (non-hydrogen) atoms. The van der Waals surface area contributed by atoms with Crippen LogP contribution >= 0.6 is 0 Å². The molecular formula is C12H20N4O3S. The Labute approximate surface area is 119 Å². The van der Waals surface area contributed by atoms with E-state index < -0.39 is 21.8 Å². The third kappa shape index (κ3) is 5.96. The van der Waals surface area contributed by atoms with Crippen molar-refractivity contribution in [3.8, 4) is 0 Å². The van der Waals surface area contributed by atoms with E-state index in [2.05, 4.69) is 20.6 Å². The number of nitrogens with one attached hydrogen (secondary N) is 2. The van der Waals surface area contributed by atoms with Crippen LogP contribution in [-0.4, -0.2) is 48.9 Å². The molecule has 112 valence electrons. The Morgan fingerprint density at radius 2 is 2.10 bits per heavy atom. The molecule has 1 aromatic rings. The van der Waals surface area contributed by atoms with Crippen LogP contribution in [0.25, 0.3) is 0 Å². The van der Waals surface area contributed by atoms with E-state index in [1.165, 1.54) is 12.4 Å². The molecule has 1 aromatic heterocycles. The van der Waals surface area contributed by atoms with Gasteiger partial charge >= 0.3 is 0 Å². The molecule has 1 atom stereocenters. The van der Waals surface area contributed by atoms with Gasteiger partial charge in [-0.05, 0) is 13.3 Å². The van der Waals surface area contributed by atoms with Crippen molar-refractivity contribution in [1.82, 2.24) is 15.3 Å². The lowest BCUT2D eigenvalue weighted by atomic mass is 10.3. The Kier molecular flexibility index (Phi) is 5.87. The van der Waals surface area contributed by atoms with Gasteiger partial charge in [-0.3, -0.25) is 9.78 Å². The van der Waals surface area contributed by atoms with Gasteiger partial charge in [0, 0.05) is 18.8 Å². The lowest BCUT2D eigenvalue weighted by Gasteiger charge is -2.12. The van der Waals surface area contributed by atoms with Crippen LogP contribution in [0.5, 0.6) is 0 Å². The molecule has 2 N–H and O–H groups in total. The molecule has 0 saturated heterocycles. The molecule has 1 unspecified atom stereocenters. The summed E-state index contributed by atoms with van der Waals surface area (Å²) in [6.45, 7) is 4.39. The highest BCUT2D eigenvalue weighted by atomic mass is 32.2. The van der Waals surface area contributed by atoms with Crippen LogP contribution in [0.3, 0.4) is 0 Å². The Balaban J connectivity index is 2.67. The summed E-state index contributed by atoms with van der Waals surface area (Å²) in [6, 6.07) is -0.480. The van der Waals surface area contributed by atoms with Crippen molar-refractivity contribution in [3.05, 3.63) is 18.1 Å². The third-order valence-corrected chi connectivity index (χ3v) is 3.46. The maximum absolute atomic E-state index is 11.9. The van der Waals surface area contributed by atoms with E-state index in [0.29, 0.717) is 5.82 Å². The lowest BCUT2D eigenvalue weighted by molar-refractivity contribution is 0.0938. The Morgan fingerprint density at radius 1 is 1.40 bits per heavy atom. The minimum Gasteiger partial charge on any atom is -0.369 e. The molecule has 0 fully saturated rings. The summed E-state index contributed by atoms with van der Waals surface area (Å²) in [5.41, 5.74) is 0.159. The topological polar surface area (TPSA) is 101 Å². The standard InChI is InChI=1S/C12H20N4O3S/c1-4-5-14-11-7-13-6-10(16-11)12(17)15-9(2)8-20(3,18)19/h6-7,9H,4-5,8H2,1-3H3,(H,14,16)(H,15,17). The van der Waals surface area contributed by atoms with Gasteiger partial charge < -0.3 is 10.6 Å². The van der Waals surface area contributed by atoms with Crippen LogP contribution in [0, 0.1) is 0 Å². The van der Waals surface area contributed by atoms with Crippen LogP contribution in [0.2, 0.25) is 0 Å². The number of hydrogen-bond donors (Lipinski definition) is 2. The zero-order valence-electron chi connectivity index (χ0n) is 11.9. The largest absolute Gasteiger partial charge is 0.369 e. The number of nitrogens with zero attached hydrogens (tertiary/aromatic N) is 2. The van der Waals surface area contributed by atoms with Gasteiger partial charge in [-0.2, -0.15) is 0 Å². The van der Waals surface area contributed by atoms with Gasteiger partial charge in [-0.15, -0.1) is 0 Å². The number of rotatable bonds is 7. The normalized spacial score (nSPS) is 12.8. The molecule has 1 amide bonds. The smallest absolute Gasteiger partial charge is 0.271 e. The summed E-state index contributed by atoms with van der Waals surface area (Å²) in [5.74, 6) is -0.0241. The van der Waals surface area contributed by atoms with Gasteiger partial charge in [0.05, 0.1) is 18.1 Å². The summed E-state index contributed by atoms with van der Waals surface area (Å²) >= 11 is 0. The molecule has 1 heterocycles. The number of carbonyl (C=O) groups is 1. The first kappa shape index (κ1) is 16.4. The van der Waals surface area contributed by atoms with Crippen LogP contribution in [-0.2, 0) is 9.84 Å². The first-order valence-corrected chi connectivity index (χ1v) is 8.42. The summed E-state index contributed by atoms with van der Waals surface area (Å²) in [4.78, 5) is 20.0. The molecule has 0 saturated carbocycles. The number of anilines is 1. The van der Waals surface area contributed by atoms with E-state index in [4.69, 9.17) is 0 Å². The average Bonchev–Trinajstić information content (AvgIpc) is 2.34. The second kappa shape index (κ2) is 7.18. The second-order valence-electron chi connectivity index (χ2n) is 4.68.